The number of benzene rings is 1. The van der Waals surface area contributed by atoms with E-state index in [0.717, 1.165) is 0 Å². The molecule has 0 unspecified atom stereocenters. The van der Waals surface area contributed by atoms with Crippen LogP contribution in [-0.4, -0.2) is 34.9 Å². The summed E-state index contributed by atoms with van der Waals surface area (Å²) in [6.45, 7) is 2.02. The summed E-state index contributed by atoms with van der Waals surface area (Å²) in [5.74, 6) is -1.01. The summed E-state index contributed by atoms with van der Waals surface area (Å²) in [7, 11) is 1.53. The molecule has 3 rings (SSSR count). The van der Waals surface area contributed by atoms with E-state index < -0.39 is 18.8 Å². The molecule has 1 N–H and O–H groups in total. The zero-order valence-corrected chi connectivity index (χ0v) is 17.9. The van der Waals surface area contributed by atoms with Gasteiger partial charge in [-0.3, -0.25) is 0 Å². The fourth-order valence-electron chi connectivity index (χ4n) is 3.18. The van der Waals surface area contributed by atoms with Crippen molar-refractivity contribution in [2.75, 3.05) is 18.5 Å². The smallest absolute Gasteiger partial charge is 0.422 e. The number of nitrogens with zero attached hydrogens (tertiary/aromatic N) is 2. The summed E-state index contributed by atoms with van der Waals surface area (Å²) in [6, 6.07) is 8.62. The molecule has 2 heterocycles. The van der Waals surface area contributed by atoms with Gasteiger partial charge in [-0.1, -0.05) is 24.6 Å². The number of nitrogens with one attached hydrogen (secondary N) is 1. The minimum atomic E-state index is -4.58. The number of hydrogen-bond donors (Lipinski definition) is 1. The molecule has 0 aliphatic heterocycles. The lowest BCUT2D eigenvalue weighted by molar-refractivity contribution is -0.153. The van der Waals surface area contributed by atoms with Gasteiger partial charge in [0.25, 0.3) is 0 Å². The Morgan fingerprint density at radius 3 is 2.61 bits per heavy atom. The van der Waals surface area contributed by atoms with Gasteiger partial charge in [0.15, 0.2) is 18.1 Å². The van der Waals surface area contributed by atoms with Crippen molar-refractivity contribution in [2.45, 2.75) is 26.4 Å². The molecule has 0 aliphatic rings. The molecular formula is C21H21ClF3N3O3. The van der Waals surface area contributed by atoms with Gasteiger partial charge >= 0.3 is 12.1 Å². The van der Waals surface area contributed by atoms with E-state index in [9.17, 15) is 18.0 Å². The Balaban J connectivity index is 2.18. The van der Waals surface area contributed by atoms with Crippen molar-refractivity contribution in [1.29, 1.82) is 0 Å². The molecule has 0 saturated heterocycles. The molecular weight excluding hydrogens is 435 g/mol. The highest BCUT2D eigenvalue weighted by Gasteiger charge is 2.32. The largest absolute Gasteiger partial charge is 0.481 e. The first-order valence-electron chi connectivity index (χ1n) is 9.56. The van der Waals surface area contributed by atoms with Crippen LogP contribution in [0.3, 0.4) is 0 Å². The average molecular weight is 456 g/mol. The first-order valence-corrected chi connectivity index (χ1v) is 9.94. The lowest BCUT2D eigenvalue weighted by atomic mass is 10.2. The van der Waals surface area contributed by atoms with Crippen LogP contribution < -0.4 is 10.1 Å². The maximum Gasteiger partial charge on any atom is 0.422 e. The second-order valence-electron chi connectivity index (χ2n) is 6.70. The van der Waals surface area contributed by atoms with Gasteiger partial charge in [-0.15, -0.1) is 0 Å². The van der Waals surface area contributed by atoms with E-state index in [1.54, 1.807) is 37.3 Å². The summed E-state index contributed by atoms with van der Waals surface area (Å²) in [5, 5.41) is 3.97. The zero-order chi connectivity index (χ0) is 22.8. The topological polar surface area (TPSA) is 65.4 Å². The molecule has 0 amide bonds. The third-order valence-corrected chi connectivity index (χ3v) is 4.72. The van der Waals surface area contributed by atoms with E-state index in [0.29, 0.717) is 34.2 Å². The van der Waals surface area contributed by atoms with Gasteiger partial charge in [0.1, 0.15) is 5.65 Å². The van der Waals surface area contributed by atoms with Crippen LogP contribution in [0.1, 0.15) is 30.0 Å². The molecule has 2 aromatic heterocycles. The second kappa shape index (κ2) is 9.05. The predicted octanol–water partition coefficient (Wildman–Crippen LogP) is 5.65. The summed E-state index contributed by atoms with van der Waals surface area (Å²) >= 11 is 6.04. The highest BCUT2D eigenvalue weighted by molar-refractivity contribution is 6.30. The van der Waals surface area contributed by atoms with Crippen LogP contribution in [0.15, 0.2) is 30.3 Å². The van der Waals surface area contributed by atoms with Crippen LogP contribution in [0.5, 0.6) is 5.75 Å². The van der Waals surface area contributed by atoms with E-state index in [2.05, 4.69) is 10.3 Å². The molecule has 10 heteroatoms. The van der Waals surface area contributed by atoms with E-state index in [4.69, 9.17) is 21.1 Å². The lowest BCUT2D eigenvalue weighted by Gasteiger charge is -2.12. The molecule has 0 saturated carbocycles. The van der Waals surface area contributed by atoms with Gasteiger partial charge < -0.3 is 19.4 Å². The average Bonchev–Trinajstić information content (AvgIpc) is 2.96. The molecule has 0 radical (unpaired) electrons. The predicted molar refractivity (Wildman–Crippen MR) is 112 cm³/mol. The number of carbonyl (C=O) groups is 1. The van der Waals surface area contributed by atoms with Gasteiger partial charge in [0.2, 0.25) is 0 Å². The quantitative estimate of drug-likeness (QED) is 0.466. The standard InChI is InChI=1S/C21H21ClF3N3O3/c1-4-15-16(26-13-8-6-7-12(22)9-13)10-14-18(31-11-21(23,24)25)17(20(29)30-5-2)28(3)19(14)27-15/h6-10,26H,4-5,11H2,1-3H3. The Kier molecular flexibility index (Phi) is 6.64. The van der Waals surface area contributed by atoms with Gasteiger partial charge in [0.05, 0.1) is 23.4 Å². The number of alkyl halides is 3. The number of carbonyl (C=O) groups excluding carboxylic acids is 1. The van der Waals surface area contributed by atoms with E-state index in [-0.39, 0.29) is 23.4 Å². The van der Waals surface area contributed by atoms with E-state index in [1.165, 1.54) is 11.6 Å². The Morgan fingerprint density at radius 2 is 2.00 bits per heavy atom. The van der Waals surface area contributed by atoms with Crippen molar-refractivity contribution >= 4 is 40.0 Å². The number of esters is 1. The molecule has 0 atom stereocenters. The molecule has 3 aromatic rings. The fourth-order valence-corrected chi connectivity index (χ4v) is 3.37. The number of pyridine rings is 1. The minimum absolute atomic E-state index is 0.0638. The summed E-state index contributed by atoms with van der Waals surface area (Å²) in [5.41, 5.74) is 2.09. The van der Waals surface area contributed by atoms with Crippen LogP contribution >= 0.6 is 11.6 Å². The number of halogens is 4. The van der Waals surface area contributed by atoms with Crippen molar-refractivity contribution in [3.05, 3.63) is 46.7 Å². The number of hydrogen-bond acceptors (Lipinski definition) is 5. The van der Waals surface area contributed by atoms with Crippen LogP contribution in [0.4, 0.5) is 24.5 Å². The molecule has 31 heavy (non-hydrogen) atoms. The zero-order valence-electron chi connectivity index (χ0n) is 17.1. The summed E-state index contributed by atoms with van der Waals surface area (Å²) < 4.78 is 50.1. The number of fused-ring (bicyclic) bond motifs is 1. The normalized spacial score (nSPS) is 11.6. The lowest BCUT2D eigenvalue weighted by Crippen LogP contribution is -2.20. The maximum atomic E-state index is 12.9. The molecule has 0 bridgehead atoms. The number of rotatable bonds is 7. The number of ether oxygens (including phenoxy) is 2. The first kappa shape index (κ1) is 22.7. The number of aromatic nitrogens is 2. The monoisotopic (exact) mass is 455 g/mol. The molecule has 0 fully saturated rings. The second-order valence-corrected chi connectivity index (χ2v) is 7.14. The van der Waals surface area contributed by atoms with Gasteiger partial charge in [0, 0.05) is 17.8 Å². The Labute approximate surface area is 181 Å². The van der Waals surface area contributed by atoms with Gasteiger partial charge in [-0.05, 0) is 37.6 Å². The van der Waals surface area contributed by atoms with E-state index in [1.807, 2.05) is 6.92 Å². The SMILES string of the molecule is CCOC(=O)c1c(OCC(F)(F)F)c2cc(Nc3cccc(Cl)c3)c(CC)nc2n1C. The summed E-state index contributed by atoms with van der Waals surface area (Å²) in [4.78, 5) is 17.1. The number of aryl methyl sites for hydroxylation is 2. The van der Waals surface area contributed by atoms with Crippen molar-refractivity contribution in [1.82, 2.24) is 9.55 Å². The Hall–Kier alpha value is -2.94. The van der Waals surface area contributed by atoms with E-state index >= 15 is 0 Å². The van der Waals surface area contributed by atoms with Crippen molar-refractivity contribution < 1.29 is 27.4 Å². The summed E-state index contributed by atoms with van der Waals surface area (Å²) in [6.07, 6.45) is -4.04. The van der Waals surface area contributed by atoms with Gasteiger partial charge in [-0.2, -0.15) is 13.2 Å². The van der Waals surface area contributed by atoms with Crippen LogP contribution in [0, 0.1) is 0 Å². The van der Waals surface area contributed by atoms with Crippen molar-refractivity contribution in [3.63, 3.8) is 0 Å². The van der Waals surface area contributed by atoms with Crippen molar-refractivity contribution in [3.8, 4) is 5.75 Å². The highest BCUT2D eigenvalue weighted by atomic mass is 35.5. The molecule has 0 aliphatic carbocycles. The van der Waals surface area contributed by atoms with Crippen molar-refractivity contribution in [2.24, 2.45) is 7.05 Å². The van der Waals surface area contributed by atoms with Crippen LogP contribution in [-0.2, 0) is 18.2 Å². The molecule has 166 valence electrons. The maximum absolute atomic E-state index is 12.9. The highest BCUT2D eigenvalue weighted by Crippen LogP contribution is 2.37. The Bertz CT molecular complexity index is 1110. The molecule has 0 spiro atoms. The third-order valence-electron chi connectivity index (χ3n) is 4.48. The fraction of sp³-hybridized carbons (Fsp3) is 0.333. The third kappa shape index (κ3) is 5.04. The van der Waals surface area contributed by atoms with Gasteiger partial charge in [-0.25, -0.2) is 9.78 Å². The number of anilines is 2. The first-order chi connectivity index (χ1) is 14.6. The van der Waals surface area contributed by atoms with Crippen LogP contribution in [0.25, 0.3) is 11.0 Å². The minimum Gasteiger partial charge on any atom is -0.481 e. The Morgan fingerprint density at radius 1 is 1.26 bits per heavy atom. The molecule has 6 nitrogen and oxygen atoms in total. The molecule has 1 aromatic carbocycles. The van der Waals surface area contributed by atoms with Crippen LogP contribution in [0.2, 0.25) is 5.02 Å².